The molecule has 6 atom stereocenters. The Morgan fingerprint density at radius 1 is 1.31 bits per heavy atom. The van der Waals surface area contributed by atoms with Crippen molar-refractivity contribution < 1.29 is 28.9 Å². The van der Waals surface area contributed by atoms with Gasteiger partial charge in [-0.3, -0.25) is 9.69 Å². The van der Waals surface area contributed by atoms with Crippen LogP contribution < -0.4 is 10.1 Å². The Kier molecular flexibility index (Phi) is 4.76. The zero-order valence-corrected chi connectivity index (χ0v) is 20.0. The predicted octanol–water partition coefficient (Wildman–Crippen LogP) is 1.77. The molecule has 4 bridgehead atoms. The first-order valence-corrected chi connectivity index (χ1v) is 12.1. The number of fused-ring (bicyclic) bond motifs is 1. The van der Waals surface area contributed by atoms with E-state index in [4.69, 9.17) is 9.47 Å². The summed E-state index contributed by atoms with van der Waals surface area (Å²) in [6, 6.07) is 3.54. The second-order valence-electron chi connectivity index (χ2n) is 10.2. The maximum Gasteiger partial charge on any atom is 0.330 e. The monoisotopic (exact) mass is 478 g/mol. The summed E-state index contributed by atoms with van der Waals surface area (Å²) in [7, 11) is 2.91. The van der Waals surface area contributed by atoms with Gasteiger partial charge >= 0.3 is 5.97 Å². The molecule has 4 aliphatic carbocycles. The van der Waals surface area contributed by atoms with Crippen molar-refractivity contribution in [1.82, 2.24) is 10.2 Å². The number of nitrogens with zero attached hydrogens (tertiary/aromatic N) is 1. The zero-order valence-electron chi connectivity index (χ0n) is 20.0. The van der Waals surface area contributed by atoms with Crippen molar-refractivity contribution in [1.29, 1.82) is 0 Å². The first kappa shape index (κ1) is 22.4. The SMILES string of the molecule is C=CCN1CC[C@]23c4c5ccc(O)c4O[C@H]2C2(OC)C=C[C@@]3(CC2NC(=O)/C=C/C(=O)OC)[C@H]1C5. The summed E-state index contributed by atoms with van der Waals surface area (Å²) in [5, 5.41) is 13.9. The highest BCUT2D eigenvalue weighted by Gasteiger charge is 2.79. The number of amides is 1. The van der Waals surface area contributed by atoms with E-state index < -0.39 is 29.6 Å². The Hall–Kier alpha value is -3.10. The molecule has 1 saturated heterocycles. The molecule has 8 heteroatoms. The van der Waals surface area contributed by atoms with E-state index in [2.05, 4.69) is 33.7 Å². The number of aromatic hydroxyl groups is 1. The highest BCUT2D eigenvalue weighted by atomic mass is 16.6. The number of nitrogens with one attached hydrogen (secondary N) is 1. The molecule has 7 rings (SSSR count). The lowest BCUT2D eigenvalue weighted by Crippen LogP contribution is -2.82. The zero-order chi connectivity index (χ0) is 24.6. The van der Waals surface area contributed by atoms with E-state index in [-0.39, 0.29) is 22.6 Å². The van der Waals surface area contributed by atoms with Gasteiger partial charge in [-0.25, -0.2) is 4.79 Å². The number of ether oxygens (including phenoxy) is 3. The number of phenols is 1. The first-order valence-electron chi connectivity index (χ1n) is 12.1. The van der Waals surface area contributed by atoms with Gasteiger partial charge in [0.05, 0.1) is 18.6 Å². The van der Waals surface area contributed by atoms with Gasteiger partial charge in [0.15, 0.2) is 11.5 Å². The standard InChI is InChI=1S/C27H30N2O6/c1-4-12-29-13-11-26-22-16-5-6-17(30)23(22)35-24(26)27(34-3)10-9-25(26,19(29)14-16)15-18(27)28-20(31)7-8-21(32)33-2/h4-10,18-19,24,30H,1,11-15H2,2-3H3,(H,28,31)/b8-7+/t18?,19-,24-,25-,26+,27?/m1/s1. The third kappa shape index (κ3) is 2.59. The van der Waals surface area contributed by atoms with Crippen LogP contribution in [0.15, 0.2) is 49.1 Å². The van der Waals surface area contributed by atoms with Crippen molar-refractivity contribution in [3.05, 3.63) is 60.2 Å². The van der Waals surface area contributed by atoms with E-state index in [0.29, 0.717) is 12.2 Å². The molecule has 8 nitrogen and oxygen atoms in total. The lowest BCUT2D eigenvalue weighted by atomic mass is 9.38. The number of esters is 1. The molecule has 1 aromatic rings. The van der Waals surface area contributed by atoms with E-state index in [1.165, 1.54) is 18.7 Å². The van der Waals surface area contributed by atoms with Crippen LogP contribution in [0.5, 0.6) is 11.5 Å². The Balaban J connectivity index is 1.50. The average molecular weight is 479 g/mol. The Morgan fingerprint density at radius 3 is 2.89 bits per heavy atom. The molecule has 2 aliphatic heterocycles. The molecule has 184 valence electrons. The molecule has 2 unspecified atom stereocenters. The minimum atomic E-state index is -0.929. The summed E-state index contributed by atoms with van der Waals surface area (Å²) in [5.74, 6) is -0.299. The number of methoxy groups -OCH3 is 2. The topological polar surface area (TPSA) is 97.3 Å². The van der Waals surface area contributed by atoms with Crippen molar-refractivity contribution >= 4 is 11.9 Å². The fourth-order valence-electron chi connectivity index (χ4n) is 7.91. The molecule has 2 spiro atoms. The number of phenolic OH excluding ortho intramolecular Hbond substituents is 1. The van der Waals surface area contributed by atoms with E-state index in [1.807, 2.05) is 12.1 Å². The summed E-state index contributed by atoms with van der Waals surface area (Å²) in [4.78, 5) is 26.9. The lowest BCUT2D eigenvalue weighted by molar-refractivity contribution is -0.201. The van der Waals surface area contributed by atoms with Gasteiger partial charge in [0.1, 0.15) is 11.7 Å². The first-order chi connectivity index (χ1) is 16.9. The molecule has 2 N–H and O–H groups in total. The number of hydrogen-bond donors (Lipinski definition) is 2. The third-order valence-corrected chi connectivity index (χ3v) is 9.17. The van der Waals surface area contributed by atoms with Gasteiger partial charge in [-0.2, -0.15) is 0 Å². The van der Waals surface area contributed by atoms with Gasteiger partial charge in [0, 0.05) is 42.8 Å². The van der Waals surface area contributed by atoms with Crippen LogP contribution in [0, 0.1) is 5.41 Å². The largest absolute Gasteiger partial charge is 0.504 e. The summed E-state index contributed by atoms with van der Waals surface area (Å²) < 4.78 is 17.5. The molecule has 6 aliphatic rings. The molecular formula is C27H30N2O6. The Morgan fingerprint density at radius 2 is 2.14 bits per heavy atom. The number of carbonyl (C=O) groups excluding carboxylic acids is 2. The maximum atomic E-state index is 12.9. The molecule has 0 radical (unpaired) electrons. The molecular weight excluding hydrogens is 448 g/mol. The highest BCUT2D eigenvalue weighted by molar-refractivity contribution is 5.94. The van der Waals surface area contributed by atoms with Crippen molar-refractivity contribution in [3.63, 3.8) is 0 Å². The van der Waals surface area contributed by atoms with E-state index in [9.17, 15) is 14.7 Å². The molecule has 0 aromatic heterocycles. The highest BCUT2D eigenvalue weighted by Crippen LogP contribution is 2.73. The number of piperidine rings is 1. The predicted molar refractivity (Wildman–Crippen MR) is 127 cm³/mol. The van der Waals surface area contributed by atoms with Crippen molar-refractivity contribution in [3.8, 4) is 11.5 Å². The van der Waals surface area contributed by atoms with Crippen molar-refractivity contribution in [2.24, 2.45) is 5.41 Å². The summed E-state index contributed by atoms with van der Waals surface area (Å²) in [6.07, 6.45) is 10.5. The normalized spacial score (nSPS) is 37.6. The van der Waals surface area contributed by atoms with Crippen molar-refractivity contribution in [2.45, 2.75) is 48.5 Å². The molecule has 1 amide bonds. The lowest BCUT2D eigenvalue weighted by Gasteiger charge is -2.71. The number of carbonyl (C=O) groups is 2. The molecule has 1 aromatic carbocycles. The third-order valence-electron chi connectivity index (χ3n) is 9.17. The molecule has 2 heterocycles. The second-order valence-corrected chi connectivity index (χ2v) is 10.2. The fraction of sp³-hybridized carbons (Fsp3) is 0.481. The van der Waals surface area contributed by atoms with Gasteiger partial charge in [-0.15, -0.1) is 6.58 Å². The van der Waals surface area contributed by atoms with Crippen LogP contribution in [-0.4, -0.2) is 73.0 Å². The number of hydrogen-bond acceptors (Lipinski definition) is 7. The van der Waals surface area contributed by atoms with Gasteiger partial charge in [0.2, 0.25) is 5.91 Å². The number of rotatable bonds is 6. The van der Waals surface area contributed by atoms with Crippen LogP contribution >= 0.6 is 0 Å². The summed E-state index contributed by atoms with van der Waals surface area (Å²) in [5.41, 5.74) is 0.693. The Bertz CT molecular complexity index is 1190. The minimum Gasteiger partial charge on any atom is -0.504 e. The van der Waals surface area contributed by atoms with Gasteiger partial charge in [0.25, 0.3) is 0 Å². The fourth-order valence-corrected chi connectivity index (χ4v) is 7.91. The van der Waals surface area contributed by atoms with Gasteiger partial charge in [-0.1, -0.05) is 24.3 Å². The molecule has 2 fully saturated rings. The van der Waals surface area contributed by atoms with Crippen LogP contribution in [0.2, 0.25) is 0 Å². The maximum absolute atomic E-state index is 12.9. The van der Waals surface area contributed by atoms with Gasteiger partial charge in [-0.05, 0) is 37.4 Å². The van der Waals surface area contributed by atoms with Crippen LogP contribution in [0.1, 0.15) is 24.0 Å². The molecule has 35 heavy (non-hydrogen) atoms. The summed E-state index contributed by atoms with van der Waals surface area (Å²) in [6.45, 7) is 5.65. The van der Waals surface area contributed by atoms with Crippen LogP contribution in [0.4, 0.5) is 0 Å². The van der Waals surface area contributed by atoms with E-state index in [0.717, 1.165) is 37.6 Å². The number of benzene rings is 1. The quantitative estimate of drug-likeness (QED) is 0.365. The van der Waals surface area contributed by atoms with Crippen LogP contribution in [0.25, 0.3) is 0 Å². The second kappa shape index (κ2) is 7.45. The summed E-state index contributed by atoms with van der Waals surface area (Å²) >= 11 is 0. The average Bonchev–Trinajstić information content (AvgIpc) is 3.23. The number of likely N-dealkylation sites (tertiary alicyclic amines) is 1. The molecule has 1 saturated carbocycles. The van der Waals surface area contributed by atoms with Gasteiger partial charge < -0.3 is 24.6 Å². The van der Waals surface area contributed by atoms with Crippen molar-refractivity contribution in [2.75, 3.05) is 27.3 Å². The van der Waals surface area contributed by atoms with Crippen LogP contribution in [-0.2, 0) is 30.9 Å². The Labute approximate surface area is 204 Å². The minimum absolute atomic E-state index is 0.141. The van der Waals surface area contributed by atoms with Crippen LogP contribution in [0.3, 0.4) is 0 Å². The van der Waals surface area contributed by atoms with E-state index >= 15 is 0 Å². The smallest absolute Gasteiger partial charge is 0.330 e. The van der Waals surface area contributed by atoms with E-state index in [1.54, 1.807) is 13.2 Å².